The van der Waals surface area contributed by atoms with Crippen molar-refractivity contribution in [2.24, 2.45) is 0 Å². The van der Waals surface area contributed by atoms with Gasteiger partial charge in [0.05, 0.1) is 18.2 Å². The second-order valence-corrected chi connectivity index (χ2v) is 6.78. The number of benzene rings is 1. The molecular weight excluding hydrogens is 358 g/mol. The molecule has 1 aromatic carbocycles. The fourth-order valence-corrected chi connectivity index (χ4v) is 3.23. The van der Waals surface area contributed by atoms with Crippen LogP contribution in [0.2, 0.25) is 5.02 Å². The topological polar surface area (TPSA) is 95.7 Å². The smallest absolute Gasteiger partial charge is 0.243 e. The van der Waals surface area contributed by atoms with Gasteiger partial charge < -0.3 is 19.8 Å². The summed E-state index contributed by atoms with van der Waals surface area (Å²) in [5.41, 5.74) is 1.47. The van der Waals surface area contributed by atoms with E-state index in [0.29, 0.717) is 16.5 Å². The Labute approximate surface area is 155 Å². The van der Waals surface area contributed by atoms with Gasteiger partial charge in [0, 0.05) is 30.6 Å². The average Bonchev–Trinajstić information content (AvgIpc) is 3.19. The second-order valence-electron chi connectivity index (χ2n) is 6.37. The first-order chi connectivity index (χ1) is 12.4. The first-order valence-corrected chi connectivity index (χ1v) is 8.72. The number of nitrogens with one attached hydrogen (secondary N) is 1. The second kappa shape index (κ2) is 7.88. The van der Waals surface area contributed by atoms with Crippen molar-refractivity contribution in [1.29, 1.82) is 0 Å². The molecule has 2 amide bonds. The summed E-state index contributed by atoms with van der Waals surface area (Å²) >= 11 is 6.09. The third-order valence-corrected chi connectivity index (χ3v) is 4.68. The summed E-state index contributed by atoms with van der Waals surface area (Å²) < 4.78 is 5.06. The minimum Gasteiger partial charge on any atom is -0.391 e. The van der Waals surface area contributed by atoms with Crippen LogP contribution in [0.3, 0.4) is 0 Å². The van der Waals surface area contributed by atoms with Crippen LogP contribution in [0.4, 0.5) is 0 Å². The van der Waals surface area contributed by atoms with Crippen LogP contribution >= 0.6 is 11.6 Å². The number of hydrogen-bond donors (Lipinski definition) is 2. The summed E-state index contributed by atoms with van der Waals surface area (Å²) in [6.07, 6.45) is -0.524. The minimum atomic E-state index is -0.730. The summed E-state index contributed by atoms with van der Waals surface area (Å²) in [7, 11) is 0. The number of carbonyl (C=O) groups is 2. The molecule has 0 aliphatic carbocycles. The van der Waals surface area contributed by atoms with E-state index < -0.39 is 12.1 Å². The van der Waals surface area contributed by atoms with Crippen LogP contribution in [0.5, 0.6) is 0 Å². The Morgan fingerprint density at radius 3 is 2.88 bits per heavy atom. The molecule has 2 N–H and O–H groups in total. The Morgan fingerprint density at radius 2 is 2.19 bits per heavy atom. The average molecular weight is 378 g/mol. The van der Waals surface area contributed by atoms with E-state index in [1.165, 1.54) is 4.90 Å². The third kappa shape index (κ3) is 4.23. The van der Waals surface area contributed by atoms with Gasteiger partial charge in [-0.15, -0.1) is 0 Å². The molecule has 1 aliphatic heterocycles. The molecule has 1 aliphatic rings. The van der Waals surface area contributed by atoms with Gasteiger partial charge in [-0.05, 0) is 18.6 Å². The zero-order valence-electron chi connectivity index (χ0n) is 14.3. The molecule has 3 rings (SSSR count). The number of amides is 2. The highest BCUT2D eigenvalue weighted by Gasteiger charge is 2.38. The van der Waals surface area contributed by atoms with Gasteiger partial charge in [-0.1, -0.05) is 35.0 Å². The van der Waals surface area contributed by atoms with Crippen LogP contribution in [0.1, 0.15) is 23.4 Å². The normalized spacial score (nSPS) is 19.6. The molecule has 26 heavy (non-hydrogen) atoms. The number of aliphatic hydroxyl groups excluding tert-OH is 1. The Balaban J connectivity index is 1.63. The van der Waals surface area contributed by atoms with Crippen molar-refractivity contribution < 1.29 is 19.2 Å². The minimum absolute atomic E-state index is 0.00184. The molecule has 2 aromatic rings. The highest BCUT2D eigenvalue weighted by molar-refractivity contribution is 6.31. The van der Waals surface area contributed by atoms with Crippen molar-refractivity contribution in [3.05, 3.63) is 52.4 Å². The lowest BCUT2D eigenvalue weighted by Gasteiger charge is -2.23. The number of aryl methyl sites for hydroxylation is 1. The van der Waals surface area contributed by atoms with Crippen LogP contribution in [0.25, 0.3) is 0 Å². The van der Waals surface area contributed by atoms with Crippen LogP contribution in [0.15, 0.2) is 34.9 Å². The monoisotopic (exact) mass is 377 g/mol. The van der Waals surface area contributed by atoms with Crippen molar-refractivity contribution in [2.45, 2.75) is 38.5 Å². The van der Waals surface area contributed by atoms with E-state index in [1.54, 1.807) is 19.1 Å². The number of carbonyl (C=O) groups excluding carboxylic acids is 2. The van der Waals surface area contributed by atoms with Crippen molar-refractivity contribution in [3.63, 3.8) is 0 Å². The quantitative estimate of drug-likeness (QED) is 0.822. The van der Waals surface area contributed by atoms with Crippen molar-refractivity contribution in [1.82, 2.24) is 15.4 Å². The zero-order chi connectivity index (χ0) is 18.7. The fraction of sp³-hybridized carbons (Fsp3) is 0.389. The maximum Gasteiger partial charge on any atom is 0.243 e. The Kier molecular flexibility index (Phi) is 5.58. The van der Waals surface area contributed by atoms with Gasteiger partial charge in [-0.2, -0.15) is 0 Å². The SMILES string of the molecule is Cc1cc(CC(=O)N2CC(O)CC2C(=O)NCc2ccccc2Cl)on1. The first-order valence-electron chi connectivity index (χ1n) is 8.35. The van der Waals surface area contributed by atoms with Crippen LogP contribution in [-0.2, 0) is 22.6 Å². The van der Waals surface area contributed by atoms with E-state index >= 15 is 0 Å². The zero-order valence-corrected chi connectivity index (χ0v) is 15.1. The highest BCUT2D eigenvalue weighted by atomic mass is 35.5. The molecule has 1 saturated heterocycles. The van der Waals surface area contributed by atoms with E-state index in [0.717, 1.165) is 5.56 Å². The molecule has 2 heterocycles. The van der Waals surface area contributed by atoms with Gasteiger partial charge in [-0.25, -0.2) is 0 Å². The number of likely N-dealkylation sites (tertiary alicyclic amines) is 1. The number of β-amino-alcohol motifs (C(OH)–C–C–N with tert-alkyl or cyclic N) is 1. The van der Waals surface area contributed by atoms with Gasteiger partial charge >= 0.3 is 0 Å². The van der Waals surface area contributed by atoms with Gasteiger partial charge in [0.1, 0.15) is 11.8 Å². The maximum absolute atomic E-state index is 12.6. The summed E-state index contributed by atoms with van der Waals surface area (Å²) in [6.45, 7) is 2.15. The Hall–Kier alpha value is -2.38. The lowest BCUT2D eigenvalue weighted by atomic mass is 10.1. The van der Waals surface area contributed by atoms with Crippen LogP contribution in [-0.4, -0.2) is 45.7 Å². The highest BCUT2D eigenvalue weighted by Crippen LogP contribution is 2.21. The third-order valence-electron chi connectivity index (χ3n) is 4.32. The molecule has 0 spiro atoms. The number of rotatable bonds is 5. The van der Waals surface area contributed by atoms with E-state index in [-0.39, 0.29) is 37.7 Å². The Morgan fingerprint density at radius 1 is 1.42 bits per heavy atom. The summed E-state index contributed by atoms with van der Waals surface area (Å²) in [4.78, 5) is 26.5. The molecule has 7 nitrogen and oxygen atoms in total. The summed E-state index contributed by atoms with van der Waals surface area (Å²) in [6, 6.07) is 8.17. The van der Waals surface area contributed by atoms with E-state index in [9.17, 15) is 14.7 Å². The Bertz CT molecular complexity index is 807. The van der Waals surface area contributed by atoms with Crippen molar-refractivity contribution in [2.75, 3.05) is 6.54 Å². The number of aliphatic hydroxyl groups is 1. The lowest BCUT2D eigenvalue weighted by molar-refractivity contribution is -0.138. The van der Waals surface area contributed by atoms with Gasteiger partial charge in [0.2, 0.25) is 11.8 Å². The van der Waals surface area contributed by atoms with Gasteiger partial charge in [0.15, 0.2) is 0 Å². The summed E-state index contributed by atoms with van der Waals surface area (Å²) in [5.74, 6) is -0.164. The van der Waals surface area contributed by atoms with E-state index in [1.807, 2.05) is 18.2 Å². The molecule has 8 heteroatoms. The number of hydrogen-bond acceptors (Lipinski definition) is 5. The molecule has 138 valence electrons. The molecule has 0 bridgehead atoms. The molecule has 2 atom stereocenters. The molecule has 0 saturated carbocycles. The number of nitrogens with zero attached hydrogens (tertiary/aromatic N) is 2. The largest absolute Gasteiger partial charge is 0.391 e. The predicted octanol–water partition coefficient (Wildman–Crippen LogP) is 1.46. The van der Waals surface area contributed by atoms with Crippen molar-refractivity contribution >= 4 is 23.4 Å². The summed E-state index contributed by atoms with van der Waals surface area (Å²) in [5, 5.41) is 17.0. The number of halogens is 1. The first kappa shape index (κ1) is 18.4. The van der Waals surface area contributed by atoms with Crippen LogP contribution < -0.4 is 5.32 Å². The predicted molar refractivity (Wildman–Crippen MR) is 94.4 cm³/mol. The molecule has 1 fully saturated rings. The van der Waals surface area contributed by atoms with Crippen molar-refractivity contribution in [3.8, 4) is 0 Å². The molecular formula is C18H20ClN3O4. The number of aromatic nitrogens is 1. The van der Waals surface area contributed by atoms with Gasteiger partial charge in [-0.3, -0.25) is 9.59 Å². The van der Waals surface area contributed by atoms with Crippen LogP contribution in [0, 0.1) is 6.92 Å². The standard InChI is InChI=1S/C18H20ClN3O4/c1-11-6-14(26-21-11)8-17(24)22-10-13(23)7-16(22)18(25)20-9-12-4-2-3-5-15(12)19/h2-6,13,16,23H,7-10H2,1H3,(H,20,25). The molecule has 2 unspecified atom stereocenters. The fourth-order valence-electron chi connectivity index (χ4n) is 3.03. The molecule has 1 aromatic heterocycles. The lowest BCUT2D eigenvalue weighted by Crippen LogP contribution is -2.46. The molecule has 0 radical (unpaired) electrons. The van der Waals surface area contributed by atoms with E-state index in [2.05, 4.69) is 10.5 Å². The maximum atomic E-state index is 12.6. The van der Waals surface area contributed by atoms with E-state index in [4.69, 9.17) is 16.1 Å². The van der Waals surface area contributed by atoms with Gasteiger partial charge in [0.25, 0.3) is 0 Å².